The van der Waals surface area contributed by atoms with Gasteiger partial charge in [-0.1, -0.05) is 18.2 Å². The monoisotopic (exact) mass is 207 g/mol. The third-order valence-corrected chi connectivity index (χ3v) is 2.27. The zero-order valence-corrected chi connectivity index (χ0v) is 8.38. The molecule has 0 aliphatic heterocycles. The highest BCUT2D eigenvalue weighted by molar-refractivity contribution is 5.33. The van der Waals surface area contributed by atoms with Gasteiger partial charge in [0.2, 0.25) is 0 Å². The van der Waals surface area contributed by atoms with Gasteiger partial charge in [0.15, 0.2) is 6.10 Å². The third-order valence-electron chi connectivity index (χ3n) is 2.27. The van der Waals surface area contributed by atoms with E-state index in [0.29, 0.717) is 5.56 Å². The average molecular weight is 207 g/mol. The zero-order chi connectivity index (χ0) is 11.4. The third kappa shape index (κ3) is 2.54. The first kappa shape index (κ1) is 11.7. The SMILES string of the molecule is Cc1cc(CO)ccc1C(O)C(O)C#N. The molecule has 2 unspecified atom stereocenters. The molecule has 2 atom stereocenters. The summed E-state index contributed by atoms with van der Waals surface area (Å²) in [5, 5.41) is 36.1. The van der Waals surface area contributed by atoms with E-state index in [9.17, 15) is 10.2 Å². The van der Waals surface area contributed by atoms with E-state index in [0.717, 1.165) is 11.1 Å². The van der Waals surface area contributed by atoms with Crippen LogP contribution < -0.4 is 0 Å². The molecular formula is C11H13NO3. The van der Waals surface area contributed by atoms with Crippen LogP contribution in [0.2, 0.25) is 0 Å². The van der Waals surface area contributed by atoms with Crippen molar-refractivity contribution in [1.82, 2.24) is 0 Å². The van der Waals surface area contributed by atoms with Gasteiger partial charge < -0.3 is 15.3 Å². The number of aliphatic hydroxyl groups excluding tert-OH is 3. The minimum atomic E-state index is -1.43. The highest BCUT2D eigenvalue weighted by atomic mass is 16.3. The molecule has 15 heavy (non-hydrogen) atoms. The van der Waals surface area contributed by atoms with Crippen LogP contribution in [0.15, 0.2) is 18.2 Å². The molecule has 4 heteroatoms. The fraction of sp³-hybridized carbons (Fsp3) is 0.364. The molecule has 4 nitrogen and oxygen atoms in total. The van der Waals surface area contributed by atoms with Crippen LogP contribution in [0.3, 0.4) is 0 Å². The average Bonchev–Trinajstić information content (AvgIpc) is 2.26. The lowest BCUT2D eigenvalue weighted by molar-refractivity contribution is 0.0523. The quantitative estimate of drug-likeness (QED) is 0.626. The molecular weight excluding hydrogens is 194 g/mol. The summed E-state index contributed by atoms with van der Waals surface area (Å²) < 4.78 is 0. The predicted molar refractivity (Wildman–Crippen MR) is 53.7 cm³/mol. The Morgan fingerprint density at radius 3 is 2.53 bits per heavy atom. The van der Waals surface area contributed by atoms with Crippen LogP contribution in [0.25, 0.3) is 0 Å². The van der Waals surface area contributed by atoms with Crippen LogP contribution in [-0.4, -0.2) is 21.4 Å². The number of rotatable bonds is 3. The number of aliphatic hydroxyl groups is 3. The smallest absolute Gasteiger partial charge is 0.170 e. The van der Waals surface area contributed by atoms with Gasteiger partial charge in [0, 0.05) is 0 Å². The van der Waals surface area contributed by atoms with Crippen LogP contribution in [0.5, 0.6) is 0 Å². The molecule has 0 amide bonds. The molecule has 0 bridgehead atoms. The molecule has 3 N–H and O–H groups in total. The molecule has 0 aliphatic rings. The van der Waals surface area contributed by atoms with E-state index < -0.39 is 12.2 Å². The molecule has 0 heterocycles. The van der Waals surface area contributed by atoms with Gasteiger partial charge in [-0.3, -0.25) is 0 Å². The Kier molecular flexibility index (Phi) is 3.81. The van der Waals surface area contributed by atoms with E-state index in [4.69, 9.17) is 10.4 Å². The Labute approximate surface area is 88.0 Å². The fourth-order valence-corrected chi connectivity index (χ4v) is 1.41. The molecule has 1 rings (SSSR count). The lowest BCUT2D eigenvalue weighted by atomic mass is 9.98. The first-order chi connectivity index (χ1) is 7.10. The number of nitriles is 1. The Bertz CT molecular complexity index is 384. The van der Waals surface area contributed by atoms with Gasteiger partial charge >= 0.3 is 0 Å². The lowest BCUT2D eigenvalue weighted by Gasteiger charge is -2.15. The van der Waals surface area contributed by atoms with Gasteiger partial charge in [0.1, 0.15) is 6.10 Å². The Hall–Kier alpha value is -1.41. The van der Waals surface area contributed by atoms with E-state index in [2.05, 4.69) is 0 Å². The second-order valence-electron chi connectivity index (χ2n) is 3.37. The lowest BCUT2D eigenvalue weighted by Crippen LogP contribution is -2.16. The van der Waals surface area contributed by atoms with Crippen LogP contribution in [-0.2, 0) is 6.61 Å². The molecule has 0 fully saturated rings. The Balaban J connectivity index is 3.01. The number of hydrogen-bond donors (Lipinski definition) is 3. The van der Waals surface area contributed by atoms with Gasteiger partial charge in [-0.2, -0.15) is 5.26 Å². The van der Waals surface area contributed by atoms with Gasteiger partial charge in [-0.05, 0) is 23.6 Å². The molecule has 1 aromatic carbocycles. The Morgan fingerprint density at radius 2 is 2.07 bits per heavy atom. The number of hydrogen-bond acceptors (Lipinski definition) is 4. The standard InChI is InChI=1S/C11H13NO3/c1-7-4-8(6-13)2-3-9(7)11(15)10(14)5-12/h2-4,10-11,13-15H,6H2,1H3. The van der Waals surface area contributed by atoms with Crippen molar-refractivity contribution in [2.24, 2.45) is 0 Å². The molecule has 0 spiro atoms. The van der Waals surface area contributed by atoms with Gasteiger partial charge in [-0.25, -0.2) is 0 Å². The first-order valence-corrected chi connectivity index (χ1v) is 4.56. The summed E-state index contributed by atoms with van der Waals surface area (Å²) >= 11 is 0. The number of benzene rings is 1. The predicted octanol–water partition coefficient (Wildman–Crippen LogP) is 0.405. The maximum atomic E-state index is 9.60. The summed E-state index contributed by atoms with van der Waals surface area (Å²) in [4.78, 5) is 0. The molecule has 0 saturated carbocycles. The van der Waals surface area contributed by atoms with E-state index in [1.807, 2.05) is 0 Å². The number of aryl methyl sites for hydroxylation is 1. The van der Waals surface area contributed by atoms with Crippen LogP contribution >= 0.6 is 0 Å². The summed E-state index contributed by atoms with van der Waals surface area (Å²) in [6.45, 7) is 1.68. The molecule has 1 aromatic rings. The molecule has 80 valence electrons. The van der Waals surface area contributed by atoms with Crippen molar-refractivity contribution in [2.45, 2.75) is 25.7 Å². The maximum absolute atomic E-state index is 9.60. The number of nitrogens with zero attached hydrogens (tertiary/aromatic N) is 1. The summed E-state index contributed by atoms with van der Waals surface area (Å²) in [6.07, 6.45) is -2.63. The minimum Gasteiger partial charge on any atom is -0.392 e. The maximum Gasteiger partial charge on any atom is 0.170 e. The highest BCUT2D eigenvalue weighted by Gasteiger charge is 2.19. The van der Waals surface area contributed by atoms with Crippen molar-refractivity contribution >= 4 is 0 Å². The van der Waals surface area contributed by atoms with Gasteiger partial charge in [-0.15, -0.1) is 0 Å². The Morgan fingerprint density at radius 1 is 1.40 bits per heavy atom. The largest absolute Gasteiger partial charge is 0.392 e. The van der Waals surface area contributed by atoms with Crippen molar-refractivity contribution in [2.75, 3.05) is 0 Å². The van der Waals surface area contributed by atoms with Gasteiger partial charge in [0.25, 0.3) is 0 Å². The highest BCUT2D eigenvalue weighted by Crippen LogP contribution is 2.21. The second-order valence-corrected chi connectivity index (χ2v) is 3.37. The summed E-state index contributed by atoms with van der Waals surface area (Å²) in [5.74, 6) is 0. The first-order valence-electron chi connectivity index (χ1n) is 4.56. The summed E-state index contributed by atoms with van der Waals surface area (Å²) in [6, 6.07) is 6.54. The molecule has 0 radical (unpaired) electrons. The minimum absolute atomic E-state index is 0.0714. The fourth-order valence-electron chi connectivity index (χ4n) is 1.41. The summed E-state index contributed by atoms with van der Waals surface area (Å²) in [7, 11) is 0. The topological polar surface area (TPSA) is 84.5 Å². The summed E-state index contributed by atoms with van der Waals surface area (Å²) in [5.41, 5.74) is 1.97. The van der Waals surface area contributed by atoms with Crippen molar-refractivity contribution in [3.8, 4) is 6.07 Å². The van der Waals surface area contributed by atoms with Crippen molar-refractivity contribution in [1.29, 1.82) is 5.26 Å². The molecule has 0 aliphatic carbocycles. The van der Waals surface area contributed by atoms with Crippen LogP contribution in [0.1, 0.15) is 22.8 Å². The van der Waals surface area contributed by atoms with E-state index in [-0.39, 0.29) is 6.61 Å². The second kappa shape index (κ2) is 4.89. The van der Waals surface area contributed by atoms with E-state index in [1.165, 1.54) is 0 Å². The molecule has 0 aromatic heterocycles. The van der Waals surface area contributed by atoms with E-state index in [1.54, 1.807) is 31.2 Å². The van der Waals surface area contributed by atoms with Crippen LogP contribution in [0, 0.1) is 18.3 Å². The van der Waals surface area contributed by atoms with Gasteiger partial charge in [0.05, 0.1) is 12.7 Å². The van der Waals surface area contributed by atoms with Crippen molar-refractivity contribution < 1.29 is 15.3 Å². The zero-order valence-electron chi connectivity index (χ0n) is 8.38. The molecule has 0 saturated heterocycles. The van der Waals surface area contributed by atoms with Crippen LogP contribution in [0.4, 0.5) is 0 Å². The normalized spacial score (nSPS) is 14.3. The van der Waals surface area contributed by atoms with E-state index >= 15 is 0 Å². The van der Waals surface area contributed by atoms with Crippen molar-refractivity contribution in [3.63, 3.8) is 0 Å². The van der Waals surface area contributed by atoms with Crippen molar-refractivity contribution in [3.05, 3.63) is 34.9 Å².